The summed E-state index contributed by atoms with van der Waals surface area (Å²) in [4.78, 5) is 23.1. The maximum Gasteiger partial charge on any atom is 0.307 e. The van der Waals surface area contributed by atoms with Crippen LogP contribution >= 0.6 is 0 Å². The fourth-order valence-corrected chi connectivity index (χ4v) is 2.53. The van der Waals surface area contributed by atoms with Crippen molar-refractivity contribution in [2.45, 2.75) is 45.6 Å². The molecule has 5 heteroatoms. The minimum atomic E-state index is -0.887. The molecule has 3 N–H and O–H groups in total. The molecule has 0 heterocycles. The fraction of sp³-hybridized carbons (Fsp3) is 0.846. The molecule has 0 aliphatic heterocycles. The molecule has 1 aliphatic carbocycles. The van der Waals surface area contributed by atoms with Crippen molar-refractivity contribution in [2.75, 3.05) is 6.54 Å². The zero-order valence-electron chi connectivity index (χ0n) is 11.1. The Morgan fingerprint density at radius 1 is 1.28 bits per heavy atom. The first-order chi connectivity index (χ1) is 8.49. The topological polar surface area (TPSA) is 86.6 Å². The van der Waals surface area contributed by atoms with E-state index < -0.39 is 23.9 Å². The van der Waals surface area contributed by atoms with Gasteiger partial charge in [0.1, 0.15) is 0 Å². The number of carboxylic acid groups (broad SMARTS) is 1. The van der Waals surface area contributed by atoms with E-state index in [-0.39, 0.29) is 12.5 Å². The van der Waals surface area contributed by atoms with E-state index in [0.29, 0.717) is 25.2 Å². The summed E-state index contributed by atoms with van der Waals surface area (Å²) >= 11 is 0. The zero-order chi connectivity index (χ0) is 13.7. The maximum atomic E-state index is 12.0. The highest BCUT2D eigenvalue weighted by molar-refractivity contribution is 5.85. The van der Waals surface area contributed by atoms with Gasteiger partial charge in [-0.25, -0.2) is 0 Å². The molecule has 1 amide bonds. The molecule has 18 heavy (non-hydrogen) atoms. The van der Waals surface area contributed by atoms with E-state index >= 15 is 0 Å². The summed E-state index contributed by atoms with van der Waals surface area (Å²) in [6.07, 6.45) is 2.15. The van der Waals surface area contributed by atoms with Crippen molar-refractivity contribution in [3.8, 4) is 0 Å². The molecule has 0 spiro atoms. The highest BCUT2D eigenvalue weighted by Gasteiger charge is 2.41. The standard InChI is InChI=1S/C13H23NO4/c1-3-8-5-10(11(6-8)13(17)18)12(16)14-7-9(15)4-2/h8-11,15H,3-7H2,1-2H3,(H,14,16)(H,17,18)/t8?,9?,10-,11+/m0/s1. The van der Waals surface area contributed by atoms with Crippen LogP contribution in [0.1, 0.15) is 39.5 Å². The molecular formula is C13H23NO4. The lowest BCUT2D eigenvalue weighted by Crippen LogP contribution is -2.39. The Hall–Kier alpha value is -1.10. The van der Waals surface area contributed by atoms with Crippen LogP contribution in [-0.4, -0.2) is 34.7 Å². The predicted octanol–water partition coefficient (Wildman–Crippen LogP) is 1.01. The van der Waals surface area contributed by atoms with Gasteiger partial charge in [0.25, 0.3) is 0 Å². The number of aliphatic carboxylic acids is 1. The summed E-state index contributed by atoms with van der Waals surface area (Å²) < 4.78 is 0. The summed E-state index contributed by atoms with van der Waals surface area (Å²) in [7, 11) is 0. The Kier molecular flexibility index (Phi) is 5.59. The normalized spacial score (nSPS) is 28.9. The van der Waals surface area contributed by atoms with Gasteiger partial charge < -0.3 is 15.5 Å². The number of aliphatic hydroxyl groups excluding tert-OH is 1. The Bertz CT molecular complexity index is 305. The number of aliphatic hydroxyl groups is 1. The van der Waals surface area contributed by atoms with Gasteiger partial charge in [0.2, 0.25) is 5.91 Å². The van der Waals surface area contributed by atoms with Crippen molar-refractivity contribution in [2.24, 2.45) is 17.8 Å². The summed E-state index contributed by atoms with van der Waals surface area (Å²) in [5, 5.41) is 21.2. The minimum Gasteiger partial charge on any atom is -0.481 e. The molecule has 0 bridgehead atoms. The molecule has 0 radical (unpaired) electrons. The third kappa shape index (κ3) is 3.70. The van der Waals surface area contributed by atoms with Crippen LogP contribution in [-0.2, 0) is 9.59 Å². The average Bonchev–Trinajstić information content (AvgIpc) is 2.79. The second-order valence-electron chi connectivity index (χ2n) is 5.10. The van der Waals surface area contributed by atoms with Gasteiger partial charge in [-0.2, -0.15) is 0 Å². The van der Waals surface area contributed by atoms with Crippen LogP contribution < -0.4 is 5.32 Å². The van der Waals surface area contributed by atoms with E-state index in [1.807, 2.05) is 13.8 Å². The Balaban J connectivity index is 2.56. The van der Waals surface area contributed by atoms with Crippen LogP contribution in [0.25, 0.3) is 0 Å². The third-order valence-electron chi connectivity index (χ3n) is 3.87. The molecule has 0 aromatic rings. The van der Waals surface area contributed by atoms with Gasteiger partial charge >= 0.3 is 5.97 Å². The van der Waals surface area contributed by atoms with Crippen molar-refractivity contribution in [3.63, 3.8) is 0 Å². The predicted molar refractivity (Wildman–Crippen MR) is 66.9 cm³/mol. The quantitative estimate of drug-likeness (QED) is 0.663. The number of nitrogens with one attached hydrogen (secondary N) is 1. The van der Waals surface area contributed by atoms with Gasteiger partial charge in [-0.1, -0.05) is 20.3 Å². The number of hydrogen-bond donors (Lipinski definition) is 3. The second kappa shape index (κ2) is 6.73. The molecule has 5 nitrogen and oxygen atoms in total. The number of hydrogen-bond acceptors (Lipinski definition) is 3. The van der Waals surface area contributed by atoms with Gasteiger partial charge in [0.15, 0.2) is 0 Å². The van der Waals surface area contributed by atoms with E-state index in [2.05, 4.69) is 5.32 Å². The van der Waals surface area contributed by atoms with Crippen LogP contribution in [0.5, 0.6) is 0 Å². The van der Waals surface area contributed by atoms with E-state index in [0.717, 1.165) is 6.42 Å². The molecule has 0 saturated heterocycles. The van der Waals surface area contributed by atoms with E-state index in [4.69, 9.17) is 5.11 Å². The van der Waals surface area contributed by atoms with Gasteiger partial charge in [-0.15, -0.1) is 0 Å². The van der Waals surface area contributed by atoms with Gasteiger partial charge in [-0.3, -0.25) is 9.59 Å². The number of carbonyl (C=O) groups excluding carboxylic acids is 1. The van der Waals surface area contributed by atoms with Gasteiger partial charge in [-0.05, 0) is 25.2 Å². The van der Waals surface area contributed by atoms with Crippen molar-refractivity contribution in [3.05, 3.63) is 0 Å². The van der Waals surface area contributed by atoms with E-state index in [1.54, 1.807) is 0 Å². The molecule has 104 valence electrons. The maximum absolute atomic E-state index is 12.0. The first-order valence-corrected chi connectivity index (χ1v) is 6.68. The number of rotatable bonds is 6. The average molecular weight is 257 g/mol. The van der Waals surface area contributed by atoms with Crippen LogP contribution in [0.3, 0.4) is 0 Å². The molecule has 4 atom stereocenters. The van der Waals surface area contributed by atoms with Crippen molar-refractivity contribution in [1.29, 1.82) is 0 Å². The lowest BCUT2D eigenvalue weighted by molar-refractivity contribution is -0.146. The van der Waals surface area contributed by atoms with Gasteiger partial charge in [0.05, 0.1) is 17.9 Å². The Labute approximate surface area is 108 Å². The molecule has 2 unspecified atom stereocenters. The summed E-state index contributed by atoms with van der Waals surface area (Å²) in [5.74, 6) is -1.82. The number of carboxylic acids is 1. The molecule has 1 fully saturated rings. The van der Waals surface area contributed by atoms with Crippen molar-refractivity contribution < 1.29 is 19.8 Å². The fourth-order valence-electron chi connectivity index (χ4n) is 2.53. The van der Waals surface area contributed by atoms with Crippen LogP contribution in [0, 0.1) is 17.8 Å². The second-order valence-corrected chi connectivity index (χ2v) is 5.10. The van der Waals surface area contributed by atoms with E-state index in [9.17, 15) is 14.7 Å². The lowest BCUT2D eigenvalue weighted by atomic mass is 9.95. The summed E-state index contributed by atoms with van der Waals surface area (Å²) in [6, 6.07) is 0. The monoisotopic (exact) mass is 257 g/mol. The van der Waals surface area contributed by atoms with Crippen LogP contribution in [0.15, 0.2) is 0 Å². The largest absolute Gasteiger partial charge is 0.481 e. The van der Waals surface area contributed by atoms with Gasteiger partial charge in [0, 0.05) is 6.54 Å². The molecular weight excluding hydrogens is 234 g/mol. The van der Waals surface area contributed by atoms with Crippen LogP contribution in [0.4, 0.5) is 0 Å². The highest BCUT2D eigenvalue weighted by Crippen LogP contribution is 2.38. The first-order valence-electron chi connectivity index (χ1n) is 6.68. The van der Waals surface area contributed by atoms with Crippen molar-refractivity contribution >= 4 is 11.9 Å². The summed E-state index contributed by atoms with van der Waals surface area (Å²) in [6.45, 7) is 4.05. The van der Waals surface area contributed by atoms with Crippen LogP contribution in [0.2, 0.25) is 0 Å². The smallest absolute Gasteiger partial charge is 0.307 e. The zero-order valence-corrected chi connectivity index (χ0v) is 11.1. The molecule has 1 aliphatic rings. The Morgan fingerprint density at radius 3 is 2.39 bits per heavy atom. The molecule has 1 rings (SSSR count). The third-order valence-corrected chi connectivity index (χ3v) is 3.87. The number of carbonyl (C=O) groups is 2. The molecule has 0 aromatic heterocycles. The minimum absolute atomic E-state index is 0.203. The first kappa shape index (κ1) is 15.0. The SMILES string of the molecule is CCC(O)CNC(=O)[C@H]1CC(CC)C[C@H]1C(=O)O. The molecule has 1 saturated carbocycles. The Morgan fingerprint density at radius 2 is 1.89 bits per heavy atom. The highest BCUT2D eigenvalue weighted by atomic mass is 16.4. The number of amides is 1. The van der Waals surface area contributed by atoms with Crippen molar-refractivity contribution in [1.82, 2.24) is 5.32 Å². The molecule has 0 aromatic carbocycles. The van der Waals surface area contributed by atoms with E-state index in [1.165, 1.54) is 0 Å². The summed E-state index contributed by atoms with van der Waals surface area (Å²) in [5.41, 5.74) is 0. The lowest BCUT2D eigenvalue weighted by Gasteiger charge is -2.16.